The molecule has 0 spiro atoms. The predicted octanol–water partition coefficient (Wildman–Crippen LogP) is 3.57. The molecule has 0 aliphatic rings. The first-order valence-electron chi connectivity index (χ1n) is 6.71. The van der Waals surface area contributed by atoms with Crippen LogP contribution in [-0.4, -0.2) is 12.0 Å². The highest BCUT2D eigenvalue weighted by molar-refractivity contribution is 5.60. The molecule has 0 amide bonds. The summed E-state index contributed by atoms with van der Waals surface area (Å²) >= 11 is 0. The van der Waals surface area contributed by atoms with Gasteiger partial charge in [-0.2, -0.15) is 0 Å². The number of benzene rings is 1. The van der Waals surface area contributed by atoms with Crippen LogP contribution < -0.4 is 10.6 Å². The molecule has 1 aromatic carbocycles. The van der Waals surface area contributed by atoms with E-state index in [1.807, 2.05) is 30.1 Å². The Morgan fingerprint density at radius 1 is 1.25 bits per heavy atom. The van der Waals surface area contributed by atoms with Crippen molar-refractivity contribution in [3.63, 3.8) is 0 Å². The van der Waals surface area contributed by atoms with E-state index >= 15 is 0 Å². The van der Waals surface area contributed by atoms with Crippen LogP contribution in [0.1, 0.15) is 31.0 Å². The maximum Gasteiger partial charge on any atom is 0.133 e. The van der Waals surface area contributed by atoms with Crippen molar-refractivity contribution in [3.8, 4) is 0 Å². The summed E-state index contributed by atoms with van der Waals surface area (Å²) in [6, 6.07) is 10.4. The number of anilines is 2. The molecule has 2 rings (SSSR count). The minimum absolute atomic E-state index is 0.256. The Kier molecular flexibility index (Phi) is 4.35. The van der Waals surface area contributed by atoms with Gasteiger partial charge in [0.2, 0.25) is 0 Å². The molecule has 1 heterocycles. The fraction of sp³-hybridized carbons (Fsp3) is 0.312. The lowest BCUT2D eigenvalue weighted by Gasteiger charge is -2.21. The van der Waals surface area contributed by atoms with E-state index in [2.05, 4.69) is 18.8 Å². The quantitative estimate of drug-likeness (QED) is 0.926. The molecule has 0 saturated carbocycles. The fourth-order valence-corrected chi connectivity index (χ4v) is 2.00. The van der Waals surface area contributed by atoms with Crippen LogP contribution in [0.3, 0.4) is 0 Å². The normalized spacial score (nSPS) is 10.9. The molecule has 1 aromatic heterocycles. The third-order valence-corrected chi connectivity index (χ3v) is 3.26. The van der Waals surface area contributed by atoms with E-state index in [-0.39, 0.29) is 5.82 Å². The summed E-state index contributed by atoms with van der Waals surface area (Å²) in [6.45, 7) is 4.65. The van der Waals surface area contributed by atoms with Crippen LogP contribution in [0.2, 0.25) is 0 Å². The van der Waals surface area contributed by atoms with Crippen molar-refractivity contribution >= 4 is 11.5 Å². The SMILES string of the molecule is CC(C)c1cc(CN)cc(N(C)c2cccc(F)c2)n1. The van der Waals surface area contributed by atoms with Crippen LogP contribution >= 0.6 is 0 Å². The molecule has 0 atom stereocenters. The van der Waals surface area contributed by atoms with Gasteiger partial charge in [-0.15, -0.1) is 0 Å². The number of rotatable bonds is 4. The van der Waals surface area contributed by atoms with Crippen molar-refractivity contribution in [1.82, 2.24) is 4.98 Å². The van der Waals surface area contributed by atoms with Crippen molar-refractivity contribution in [2.45, 2.75) is 26.3 Å². The monoisotopic (exact) mass is 273 g/mol. The largest absolute Gasteiger partial charge is 0.329 e. The van der Waals surface area contributed by atoms with Gasteiger partial charge in [-0.1, -0.05) is 19.9 Å². The minimum Gasteiger partial charge on any atom is -0.329 e. The molecule has 0 bridgehead atoms. The molecule has 2 N–H and O–H groups in total. The third-order valence-electron chi connectivity index (χ3n) is 3.26. The second-order valence-corrected chi connectivity index (χ2v) is 5.16. The number of hydrogen-bond donors (Lipinski definition) is 1. The highest BCUT2D eigenvalue weighted by Crippen LogP contribution is 2.25. The van der Waals surface area contributed by atoms with Gasteiger partial charge >= 0.3 is 0 Å². The van der Waals surface area contributed by atoms with Gasteiger partial charge in [0.25, 0.3) is 0 Å². The first-order chi connectivity index (χ1) is 9.51. The van der Waals surface area contributed by atoms with Gasteiger partial charge in [0.15, 0.2) is 0 Å². The van der Waals surface area contributed by atoms with E-state index in [4.69, 9.17) is 5.73 Å². The average molecular weight is 273 g/mol. The van der Waals surface area contributed by atoms with Crippen LogP contribution in [0.5, 0.6) is 0 Å². The van der Waals surface area contributed by atoms with Gasteiger partial charge in [-0.3, -0.25) is 0 Å². The summed E-state index contributed by atoms with van der Waals surface area (Å²) < 4.78 is 13.3. The molecule has 0 unspecified atom stereocenters. The molecular formula is C16H20FN3. The van der Waals surface area contributed by atoms with Crippen LogP contribution in [-0.2, 0) is 6.54 Å². The highest BCUT2D eigenvalue weighted by Gasteiger charge is 2.11. The number of hydrogen-bond acceptors (Lipinski definition) is 3. The lowest BCUT2D eigenvalue weighted by Crippen LogP contribution is -2.14. The molecule has 0 aliphatic heterocycles. The summed E-state index contributed by atoms with van der Waals surface area (Å²) in [5.74, 6) is 0.844. The number of nitrogens with zero attached hydrogens (tertiary/aromatic N) is 2. The third kappa shape index (κ3) is 3.14. The van der Waals surface area contributed by atoms with Gasteiger partial charge in [-0.25, -0.2) is 9.37 Å². The summed E-state index contributed by atoms with van der Waals surface area (Å²) in [5.41, 5.74) is 8.53. The number of halogens is 1. The summed E-state index contributed by atoms with van der Waals surface area (Å²) in [6.07, 6.45) is 0. The van der Waals surface area contributed by atoms with Gasteiger partial charge in [0.05, 0.1) is 0 Å². The number of aromatic nitrogens is 1. The Morgan fingerprint density at radius 2 is 2.00 bits per heavy atom. The predicted molar refractivity (Wildman–Crippen MR) is 80.7 cm³/mol. The molecule has 3 nitrogen and oxygen atoms in total. The average Bonchev–Trinajstić information content (AvgIpc) is 2.45. The van der Waals surface area contributed by atoms with Crippen molar-refractivity contribution < 1.29 is 4.39 Å². The zero-order chi connectivity index (χ0) is 14.7. The van der Waals surface area contributed by atoms with Crippen LogP contribution in [0.25, 0.3) is 0 Å². The van der Waals surface area contributed by atoms with Crippen molar-refractivity contribution in [2.24, 2.45) is 5.73 Å². The van der Waals surface area contributed by atoms with E-state index < -0.39 is 0 Å². The maximum atomic E-state index is 13.3. The Bertz CT molecular complexity index is 596. The Balaban J connectivity index is 2.43. The molecule has 0 fully saturated rings. The summed E-state index contributed by atoms with van der Waals surface area (Å²) in [4.78, 5) is 6.50. The number of pyridine rings is 1. The van der Waals surface area contributed by atoms with E-state index in [0.29, 0.717) is 12.5 Å². The van der Waals surface area contributed by atoms with Gasteiger partial charge < -0.3 is 10.6 Å². The van der Waals surface area contributed by atoms with Gasteiger partial charge in [-0.05, 0) is 41.8 Å². The molecule has 0 radical (unpaired) electrons. The number of nitrogens with two attached hydrogens (primary N) is 1. The second kappa shape index (κ2) is 6.01. The van der Waals surface area contributed by atoms with E-state index in [1.54, 1.807) is 6.07 Å². The zero-order valence-corrected chi connectivity index (χ0v) is 12.1. The molecule has 20 heavy (non-hydrogen) atoms. The van der Waals surface area contributed by atoms with Crippen molar-refractivity contribution in [3.05, 3.63) is 53.5 Å². The molecule has 4 heteroatoms. The fourth-order valence-electron chi connectivity index (χ4n) is 2.00. The van der Waals surface area contributed by atoms with E-state index in [9.17, 15) is 4.39 Å². The van der Waals surface area contributed by atoms with Crippen LogP contribution in [0.4, 0.5) is 15.9 Å². The van der Waals surface area contributed by atoms with Crippen molar-refractivity contribution in [2.75, 3.05) is 11.9 Å². The molecule has 0 saturated heterocycles. The van der Waals surface area contributed by atoms with E-state index in [0.717, 1.165) is 22.8 Å². The summed E-state index contributed by atoms with van der Waals surface area (Å²) in [5, 5.41) is 0. The lowest BCUT2D eigenvalue weighted by molar-refractivity contribution is 0.628. The lowest BCUT2D eigenvalue weighted by atomic mass is 10.1. The van der Waals surface area contributed by atoms with Crippen LogP contribution in [0, 0.1) is 5.82 Å². The minimum atomic E-state index is -0.256. The van der Waals surface area contributed by atoms with Crippen molar-refractivity contribution in [1.29, 1.82) is 0 Å². The molecule has 2 aromatic rings. The van der Waals surface area contributed by atoms with E-state index in [1.165, 1.54) is 12.1 Å². The highest BCUT2D eigenvalue weighted by atomic mass is 19.1. The molecule has 0 aliphatic carbocycles. The summed E-state index contributed by atoms with van der Waals surface area (Å²) in [7, 11) is 1.88. The smallest absolute Gasteiger partial charge is 0.133 e. The molecular weight excluding hydrogens is 253 g/mol. The Labute approximate surface area is 119 Å². The molecule has 106 valence electrons. The first-order valence-corrected chi connectivity index (χ1v) is 6.71. The standard InChI is InChI=1S/C16H20FN3/c1-11(2)15-7-12(10-18)8-16(19-15)20(3)14-6-4-5-13(17)9-14/h4-9,11H,10,18H2,1-3H3. The zero-order valence-electron chi connectivity index (χ0n) is 12.1. The Hall–Kier alpha value is -1.94. The van der Waals surface area contributed by atoms with Gasteiger partial charge in [0.1, 0.15) is 11.6 Å². The Morgan fingerprint density at radius 3 is 2.60 bits per heavy atom. The first kappa shape index (κ1) is 14.5. The van der Waals surface area contributed by atoms with Gasteiger partial charge in [0, 0.05) is 25.0 Å². The topological polar surface area (TPSA) is 42.1 Å². The maximum absolute atomic E-state index is 13.3. The second-order valence-electron chi connectivity index (χ2n) is 5.16. The van der Waals surface area contributed by atoms with Crippen LogP contribution in [0.15, 0.2) is 36.4 Å².